The molecule has 0 radical (unpaired) electrons. The van der Waals surface area contributed by atoms with Gasteiger partial charge in [-0.05, 0) is 49.2 Å². The molecule has 0 aliphatic carbocycles. The van der Waals surface area contributed by atoms with Crippen molar-refractivity contribution in [2.45, 2.75) is 31.3 Å². The van der Waals surface area contributed by atoms with Crippen LogP contribution in [0.15, 0.2) is 65.6 Å². The number of nitrogens with zero attached hydrogens (tertiary/aromatic N) is 1. The number of nitrogens with one attached hydrogen (secondary N) is 1. The molecule has 0 saturated carbocycles. The predicted octanol–water partition coefficient (Wildman–Crippen LogP) is 4.55. The highest BCUT2D eigenvalue weighted by molar-refractivity contribution is 7.92. The van der Waals surface area contributed by atoms with Crippen molar-refractivity contribution >= 4 is 21.6 Å². The van der Waals surface area contributed by atoms with Crippen molar-refractivity contribution in [2.75, 3.05) is 24.9 Å². The highest BCUT2D eigenvalue weighted by Gasteiger charge is 2.30. The second-order valence-corrected chi connectivity index (χ2v) is 10.1. The highest BCUT2D eigenvalue weighted by atomic mass is 32.2. The topological polar surface area (TPSA) is 84.9 Å². The van der Waals surface area contributed by atoms with Crippen LogP contribution in [0.5, 0.6) is 11.5 Å². The van der Waals surface area contributed by atoms with Crippen LogP contribution < -0.4 is 14.2 Å². The molecule has 0 aromatic heterocycles. The van der Waals surface area contributed by atoms with Gasteiger partial charge in [0.25, 0.3) is 15.9 Å². The van der Waals surface area contributed by atoms with Crippen LogP contribution in [0, 0.1) is 19.7 Å². The third kappa shape index (κ3) is 5.09. The number of amides is 1. The second-order valence-electron chi connectivity index (χ2n) is 8.42. The molecule has 3 aromatic rings. The van der Waals surface area contributed by atoms with Crippen molar-refractivity contribution in [1.82, 2.24) is 4.90 Å². The maximum absolute atomic E-state index is 15.2. The smallest absolute Gasteiger partial charge is 0.265 e. The first kappa shape index (κ1) is 24.5. The average molecular weight is 499 g/mol. The standard InChI is InChI=1S/C26H27FN2O5S/c1-17-8-6-9-18(2)24(17)26(30)29-15-14-19(16-29)34-22-12-7-10-20(25(22)27)28-35(31,32)23-13-5-4-11-21(23)33-3/h4-13,19,28H,14-16H2,1-3H3/t19-/m0/s1. The first-order valence-electron chi connectivity index (χ1n) is 11.2. The predicted molar refractivity (Wildman–Crippen MR) is 131 cm³/mol. The van der Waals surface area contributed by atoms with Gasteiger partial charge < -0.3 is 14.4 Å². The monoisotopic (exact) mass is 498 g/mol. The molecule has 1 aliphatic rings. The first-order chi connectivity index (χ1) is 16.7. The Labute approximate surface area is 204 Å². The molecule has 35 heavy (non-hydrogen) atoms. The van der Waals surface area contributed by atoms with Crippen molar-refractivity contribution in [3.8, 4) is 11.5 Å². The van der Waals surface area contributed by atoms with E-state index in [9.17, 15) is 13.2 Å². The summed E-state index contributed by atoms with van der Waals surface area (Å²) in [6.07, 6.45) is 0.117. The Morgan fingerprint density at radius 3 is 2.37 bits per heavy atom. The Bertz CT molecular complexity index is 1340. The summed E-state index contributed by atoms with van der Waals surface area (Å²) in [5.41, 5.74) is 2.24. The van der Waals surface area contributed by atoms with Gasteiger partial charge in [-0.1, -0.05) is 36.4 Å². The summed E-state index contributed by atoms with van der Waals surface area (Å²) in [7, 11) is -2.74. The molecule has 0 unspecified atom stereocenters. The van der Waals surface area contributed by atoms with Gasteiger partial charge in [0, 0.05) is 18.5 Å². The fourth-order valence-electron chi connectivity index (χ4n) is 4.22. The van der Waals surface area contributed by atoms with Crippen LogP contribution >= 0.6 is 0 Å². The molecule has 7 nitrogen and oxygen atoms in total. The van der Waals surface area contributed by atoms with Gasteiger partial charge in [-0.15, -0.1) is 0 Å². The summed E-state index contributed by atoms with van der Waals surface area (Å²) in [6.45, 7) is 4.59. The molecule has 1 aliphatic heterocycles. The number of carbonyl (C=O) groups is 1. The number of aryl methyl sites for hydroxylation is 2. The number of halogens is 1. The van der Waals surface area contributed by atoms with E-state index in [1.54, 1.807) is 17.0 Å². The number of hydrogen-bond acceptors (Lipinski definition) is 5. The molecular formula is C26H27FN2O5S. The molecule has 1 atom stereocenters. The van der Waals surface area contributed by atoms with Crippen LogP contribution in [-0.2, 0) is 10.0 Å². The summed E-state index contributed by atoms with van der Waals surface area (Å²) in [6, 6.07) is 16.1. The largest absolute Gasteiger partial charge is 0.495 e. The maximum atomic E-state index is 15.2. The molecule has 9 heteroatoms. The maximum Gasteiger partial charge on any atom is 0.265 e. The number of likely N-dealkylation sites (tertiary alicyclic amines) is 1. The van der Waals surface area contributed by atoms with Gasteiger partial charge >= 0.3 is 0 Å². The Morgan fingerprint density at radius 2 is 1.66 bits per heavy atom. The van der Waals surface area contributed by atoms with E-state index < -0.39 is 21.9 Å². The van der Waals surface area contributed by atoms with E-state index in [1.165, 1.54) is 37.4 Å². The normalized spacial score (nSPS) is 15.7. The van der Waals surface area contributed by atoms with Crippen LogP contribution in [0.4, 0.5) is 10.1 Å². The Hall–Kier alpha value is -3.59. The molecule has 3 aromatic carbocycles. The van der Waals surface area contributed by atoms with E-state index in [1.807, 2.05) is 32.0 Å². The number of rotatable bonds is 7. The molecule has 184 valence electrons. The molecule has 0 bridgehead atoms. The molecule has 0 spiro atoms. The van der Waals surface area contributed by atoms with Crippen LogP contribution in [0.25, 0.3) is 0 Å². The van der Waals surface area contributed by atoms with Gasteiger partial charge in [0.15, 0.2) is 11.6 Å². The zero-order valence-corrected chi connectivity index (χ0v) is 20.6. The molecule has 1 saturated heterocycles. The van der Waals surface area contributed by atoms with Crippen molar-refractivity contribution in [3.63, 3.8) is 0 Å². The van der Waals surface area contributed by atoms with E-state index in [0.717, 1.165) is 11.1 Å². The number of para-hydroxylation sites is 1. The lowest BCUT2D eigenvalue weighted by molar-refractivity contribution is 0.0770. The number of carbonyl (C=O) groups excluding carboxylic acids is 1. The Balaban J connectivity index is 1.49. The van der Waals surface area contributed by atoms with E-state index >= 15 is 4.39 Å². The van der Waals surface area contributed by atoms with E-state index in [4.69, 9.17) is 9.47 Å². The van der Waals surface area contributed by atoms with Crippen LogP contribution in [0.1, 0.15) is 27.9 Å². The number of methoxy groups -OCH3 is 1. The van der Waals surface area contributed by atoms with Crippen molar-refractivity contribution < 1.29 is 27.1 Å². The summed E-state index contributed by atoms with van der Waals surface area (Å²) < 4.78 is 54.2. The summed E-state index contributed by atoms with van der Waals surface area (Å²) in [4.78, 5) is 14.7. The lowest BCUT2D eigenvalue weighted by Crippen LogP contribution is -2.32. The van der Waals surface area contributed by atoms with Crippen LogP contribution in [0.2, 0.25) is 0 Å². The van der Waals surface area contributed by atoms with Gasteiger partial charge in [0.1, 0.15) is 16.7 Å². The summed E-state index contributed by atoms with van der Waals surface area (Å²) >= 11 is 0. The van der Waals surface area contributed by atoms with Gasteiger partial charge in [0.2, 0.25) is 0 Å². The molecular weight excluding hydrogens is 471 g/mol. The SMILES string of the molecule is COc1ccccc1S(=O)(=O)Nc1cccc(O[C@H]2CCN(C(=O)c3c(C)cccc3C)C2)c1F. The number of anilines is 1. The third-order valence-corrected chi connectivity index (χ3v) is 7.39. The average Bonchev–Trinajstić information content (AvgIpc) is 3.30. The van der Waals surface area contributed by atoms with E-state index in [2.05, 4.69) is 4.72 Å². The van der Waals surface area contributed by atoms with Gasteiger partial charge in [-0.25, -0.2) is 12.8 Å². The zero-order chi connectivity index (χ0) is 25.2. The zero-order valence-electron chi connectivity index (χ0n) is 19.7. The van der Waals surface area contributed by atoms with E-state index in [-0.39, 0.29) is 28.0 Å². The first-order valence-corrected chi connectivity index (χ1v) is 12.7. The lowest BCUT2D eigenvalue weighted by atomic mass is 10.0. The minimum Gasteiger partial charge on any atom is -0.495 e. The van der Waals surface area contributed by atoms with Gasteiger partial charge in [-0.3, -0.25) is 9.52 Å². The molecule has 1 amide bonds. The minimum atomic E-state index is -4.10. The Kier molecular flexibility index (Phi) is 6.98. The number of ether oxygens (including phenoxy) is 2. The summed E-state index contributed by atoms with van der Waals surface area (Å²) in [5.74, 6) is -0.847. The Morgan fingerprint density at radius 1 is 1.00 bits per heavy atom. The number of benzene rings is 3. The molecule has 1 N–H and O–H groups in total. The molecule has 1 fully saturated rings. The number of sulfonamides is 1. The highest BCUT2D eigenvalue weighted by Crippen LogP contribution is 2.31. The fourth-order valence-corrected chi connectivity index (χ4v) is 5.45. The van der Waals surface area contributed by atoms with Gasteiger partial charge in [-0.2, -0.15) is 0 Å². The van der Waals surface area contributed by atoms with Crippen molar-refractivity contribution in [3.05, 3.63) is 83.2 Å². The number of hydrogen-bond donors (Lipinski definition) is 1. The third-order valence-electron chi connectivity index (χ3n) is 5.99. The van der Waals surface area contributed by atoms with Gasteiger partial charge in [0.05, 0.1) is 19.3 Å². The quantitative estimate of drug-likeness (QED) is 0.517. The van der Waals surface area contributed by atoms with Crippen molar-refractivity contribution in [1.29, 1.82) is 0 Å². The molecule has 4 rings (SSSR count). The van der Waals surface area contributed by atoms with Crippen LogP contribution in [0.3, 0.4) is 0 Å². The second kappa shape index (κ2) is 9.95. The van der Waals surface area contributed by atoms with Crippen molar-refractivity contribution in [2.24, 2.45) is 0 Å². The summed E-state index contributed by atoms with van der Waals surface area (Å²) in [5, 5.41) is 0. The minimum absolute atomic E-state index is 0.0782. The lowest BCUT2D eigenvalue weighted by Gasteiger charge is -2.20. The van der Waals surface area contributed by atoms with Crippen LogP contribution in [-0.4, -0.2) is 45.5 Å². The molecule has 1 heterocycles. The fraction of sp³-hybridized carbons (Fsp3) is 0.269. The van der Waals surface area contributed by atoms with E-state index in [0.29, 0.717) is 25.1 Å².